The average Bonchev–Trinajstić information content (AvgIpc) is 2.83. The monoisotopic (exact) mass is 621 g/mol. The molecule has 1 N–H and O–H groups in total. The number of hydrogen-bond acceptors (Lipinski definition) is 12. The zero-order chi connectivity index (χ0) is 27.9. The highest BCUT2D eigenvalue weighted by Gasteiger charge is 2.30. The molecule has 0 aromatic heterocycles. The van der Waals surface area contributed by atoms with E-state index in [0.717, 1.165) is 32.9 Å². The molecule has 0 atom stereocenters. The fourth-order valence-electron chi connectivity index (χ4n) is 2.71. The molecule has 8 nitrogen and oxygen atoms in total. The standard InChI is InChI=1S/C19H12F5NO7S5/c1-6(26)30-10-4-9(5-11(31-7(2)27)13(10)32-8(3)28)19(29)25-12-14(33-20)16(35-22)18(37-24)17(36-23)15(12)34-21/h4-5H,1-3H3,(H,25,29). The third kappa shape index (κ3) is 7.40. The minimum absolute atomic E-state index is 0.471. The SMILES string of the molecule is CC(=O)Oc1cc(C(=O)Nc2c(SF)c(SF)c(SF)c(SF)c2SF)cc(OC(C)=O)c1OC(C)=O. The van der Waals surface area contributed by atoms with Crippen molar-refractivity contribution in [3.63, 3.8) is 0 Å². The van der Waals surface area contributed by atoms with E-state index in [9.17, 15) is 38.6 Å². The summed E-state index contributed by atoms with van der Waals surface area (Å²) in [4.78, 5) is 43.9. The first-order valence-electron chi connectivity index (χ1n) is 9.24. The Kier molecular flexibility index (Phi) is 11.7. The van der Waals surface area contributed by atoms with Crippen LogP contribution in [-0.4, -0.2) is 23.8 Å². The van der Waals surface area contributed by atoms with Crippen LogP contribution in [0.25, 0.3) is 0 Å². The van der Waals surface area contributed by atoms with Gasteiger partial charge in [0.1, 0.15) is 0 Å². The van der Waals surface area contributed by atoms with E-state index in [1.54, 1.807) is 0 Å². The van der Waals surface area contributed by atoms with Crippen molar-refractivity contribution in [2.75, 3.05) is 5.32 Å². The van der Waals surface area contributed by atoms with Gasteiger partial charge in [-0.1, -0.05) is 0 Å². The van der Waals surface area contributed by atoms with Crippen molar-refractivity contribution in [1.82, 2.24) is 0 Å². The van der Waals surface area contributed by atoms with Gasteiger partial charge in [-0.25, -0.2) is 0 Å². The number of esters is 3. The lowest BCUT2D eigenvalue weighted by Gasteiger charge is -2.19. The number of carbonyl (C=O) groups excluding carboxylic acids is 4. The zero-order valence-electron chi connectivity index (χ0n) is 18.4. The normalized spacial score (nSPS) is 10.6. The largest absolute Gasteiger partial charge is 0.423 e. The first-order chi connectivity index (χ1) is 17.5. The van der Waals surface area contributed by atoms with Gasteiger partial charge >= 0.3 is 17.9 Å². The summed E-state index contributed by atoms with van der Waals surface area (Å²) >= 11 is -3.32. The van der Waals surface area contributed by atoms with Gasteiger partial charge in [0.05, 0.1) is 90.9 Å². The van der Waals surface area contributed by atoms with Crippen molar-refractivity contribution in [3.8, 4) is 17.2 Å². The van der Waals surface area contributed by atoms with Crippen LogP contribution >= 0.6 is 60.7 Å². The molecule has 0 aliphatic rings. The Morgan fingerprint density at radius 3 is 1.30 bits per heavy atom. The predicted molar refractivity (Wildman–Crippen MR) is 130 cm³/mol. The van der Waals surface area contributed by atoms with Crippen molar-refractivity contribution in [2.24, 2.45) is 0 Å². The second-order valence-electron chi connectivity index (χ2n) is 6.44. The number of nitrogens with one attached hydrogen (secondary N) is 1. The van der Waals surface area contributed by atoms with Gasteiger partial charge in [-0.05, 0) is 12.1 Å². The molecule has 0 heterocycles. The predicted octanol–water partition coefficient (Wildman–Crippen LogP) is 7.60. The maximum absolute atomic E-state index is 13.8. The molecule has 0 saturated carbocycles. The minimum Gasteiger partial charge on any atom is -0.423 e. The Bertz CT molecular complexity index is 1180. The Morgan fingerprint density at radius 1 is 0.622 bits per heavy atom. The molecule has 0 spiro atoms. The molecular weight excluding hydrogens is 610 g/mol. The van der Waals surface area contributed by atoms with Gasteiger partial charge in [-0.3, -0.25) is 19.2 Å². The maximum Gasteiger partial charge on any atom is 0.308 e. The summed E-state index contributed by atoms with van der Waals surface area (Å²) in [5.41, 5.74) is -1.21. The van der Waals surface area contributed by atoms with E-state index < -0.39 is 138 Å². The number of ether oxygens (including phenoxy) is 3. The van der Waals surface area contributed by atoms with E-state index >= 15 is 0 Å². The maximum atomic E-state index is 13.8. The van der Waals surface area contributed by atoms with Crippen LogP contribution in [0.1, 0.15) is 31.1 Å². The van der Waals surface area contributed by atoms with Crippen LogP contribution in [0.4, 0.5) is 25.1 Å². The van der Waals surface area contributed by atoms with Gasteiger partial charge in [0.15, 0.2) is 11.5 Å². The van der Waals surface area contributed by atoms with Crippen LogP contribution in [0.3, 0.4) is 0 Å². The number of carbonyl (C=O) groups is 4. The van der Waals surface area contributed by atoms with Crippen molar-refractivity contribution >= 4 is 90.2 Å². The van der Waals surface area contributed by atoms with Crippen molar-refractivity contribution in [2.45, 2.75) is 45.2 Å². The fraction of sp³-hybridized carbons (Fsp3) is 0.158. The van der Waals surface area contributed by atoms with Crippen molar-refractivity contribution < 1.29 is 52.8 Å². The zero-order valence-corrected chi connectivity index (χ0v) is 22.5. The van der Waals surface area contributed by atoms with Gasteiger partial charge in [0, 0.05) is 26.3 Å². The summed E-state index contributed by atoms with van der Waals surface area (Å²) in [5.74, 6) is -5.60. The molecule has 37 heavy (non-hydrogen) atoms. The second-order valence-corrected chi connectivity index (χ2v) is 9.26. The minimum atomic E-state index is -1.20. The Balaban J connectivity index is 2.75. The molecule has 0 unspecified atom stereocenters. The Morgan fingerprint density at radius 2 is 0.973 bits per heavy atom. The van der Waals surface area contributed by atoms with Crippen LogP contribution in [-0.2, 0) is 14.4 Å². The van der Waals surface area contributed by atoms with Crippen LogP contribution in [0.5, 0.6) is 17.2 Å². The van der Waals surface area contributed by atoms with Gasteiger partial charge in [-0.2, -0.15) is 19.4 Å². The highest BCUT2D eigenvalue weighted by Crippen LogP contribution is 2.54. The third-order valence-corrected chi connectivity index (χ3v) is 7.27. The molecular formula is C19H12F5NO7S5. The molecule has 2 rings (SSSR count). The van der Waals surface area contributed by atoms with Gasteiger partial charge in [-0.15, -0.1) is 0 Å². The van der Waals surface area contributed by atoms with Crippen LogP contribution in [0, 0.1) is 0 Å². The average molecular weight is 622 g/mol. The van der Waals surface area contributed by atoms with Crippen molar-refractivity contribution in [3.05, 3.63) is 17.7 Å². The number of amides is 1. The van der Waals surface area contributed by atoms with Crippen LogP contribution in [0.15, 0.2) is 36.6 Å². The summed E-state index contributed by atoms with van der Waals surface area (Å²) in [6, 6.07) is 1.74. The number of anilines is 1. The summed E-state index contributed by atoms with van der Waals surface area (Å²) in [5, 5.41) is 2.08. The van der Waals surface area contributed by atoms with E-state index in [2.05, 4.69) is 5.32 Å². The molecule has 0 saturated heterocycles. The fourth-order valence-corrected chi connectivity index (χ4v) is 5.56. The molecule has 0 fully saturated rings. The molecule has 0 aliphatic carbocycles. The van der Waals surface area contributed by atoms with E-state index in [4.69, 9.17) is 14.2 Å². The smallest absolute Gasteiger partial charge is 0.308 e. The first kappa shape index (κ1) is 30.9. The number of halogens is 5. The summed E-state index contributed by atoms with van der Waals surface area (Å²) in [6.07, 6.45) is 0. The van der Waals surface area contributed by atoms with Crippen LogP contribution < -0.4 is 19.5 Å². The summed E-state index contributed by atoms with van der Waals surface area (Å²) < 4.78 is 83.0. The quantitative estimate of drug-likeness (QED) is 0.160. The molecule has 2 aromatic carbocycles. The van der Waals surface area contributed by atoms with Crippen molar-refractivity contribution in [1.29, 1.82) is 0 Å². The Hall–Kier alpha value is -2.28. The number of rotatable bonds is 10. The molecule has 0 bridgehead atoms. The molecule has 2 aromatic rings. The number of hydrogen-bond donors (Lipinski definition) is 1. The third-order valence-electron chi connectivity index (χ3n) is 3.94. The van der Waals surface area contributed by atoms with Gasteiger partial charge in [0.25, 0.3) is 5.91 Å². The topological polar surface area (TPSA) is 108 Å². The van der Waals surface area contributed by atoms with Gasteiger partial charge < -0.3 is 19.5 Å². The lowest BCUT2D eigenvalue weighted by atomic mass is 10.1. The molecule has 0 aliphatic heterocycles. The Labute approximate surface area is 228 Å². The number of benzene rings is 2. The van der Waals surface area contributed by atoms with E-state index in [1.807, 2.05) is 0 Å². The highest BCUT2D eigenvalue weighted by atomic mass is 32.2. The lowest BCUT2D eigenvalue weighted by Crippen LogP contribution is -2.16. The highest BCUT2D eigenvalue weighted by molar-refractivity contribution is 8.00. The summed E-state index contributed by atoms with van der Waals surface area (Å²) in [7, 11) is 0. The van der Waals surface area contributed by atoms with E-state index in [1.165, 1.54) is 0 Å². The van der Waals surface area contributed by atoms with E-state index in [-0.39, 0.29) is 0 Å². The first-order valence-corrected chi connectivity index (χ1v) is 12.8. The second kappa shape index (κ2) is 14.0. The summed E-state index contributed by atoms with van der Waals surface area (Å²) in [6.45, 7) is 2.94. The van der Waals surface area contributed by atoms with Crippen LogP contribution in [0.2, 0.25) is 0 Å². The van der Waals surface area contributed by atoms with E-state index in [0.29, 0.717) is 0 Å². The lowest BCUT2D eigenvalue weighted by molar-refractivity contribution is -0.135. The van der Waals surface area contributed by atoms with Gasteiger partial charge in [0.2, 0.25) is 5.75 Å². The molecule has 200 valence electrons. The molecule has 0 radical (unpaired) electrons. The molecule has 1 amide bonds. The molecule has 18 heteroatoms.